The maximum Gasteiger partial charge on any atom is 0.338 e. The summed E-state index contributed by atoms with van der Waals surface area (Å²) in [5, 5.41) is 0. The van der Waals surface area contributed by atoms with Gasteiger partial charge >= 0.3 is 5.97 Å². The Morgan fingerprint density at radius 1 is 0.867 bits per heavy atom. The second-order valence-corrected chi connectivity index (χ2v) is 9.29. The lowest BCUT2D eigenvalue weighted by molar-refractivity contribution is 0.0526. The molecule has 0 amide bonds. The van der Waals surface area contributed by atoms with Gasteiger partial charge in [0.2, 0.25) is 0 Å². The van der Waals surface area contributed by atoms with E-state index in [4.69, 9.17) is 4.74 Å². The summed E-state index contributed by atoms with van der Waals surface area (Å²) in [5.41, 5.74) is 1.97. The number of carbonyl (C=O) groups excluding carboxylic acids is 1. The van der Waals surface area contributed by atoms with Gasteiger partial charge in [-0.3, -0.25) is 4.31 Å². The Bertz CT molecular complexity index is 890. The topological polar surface area (TPSA) is 63.7 Å². The van der Waals surface area contributed by atoms with E-state index in [0.29, 0.717) is 24.4 Å². The van der Waals surface area contributed by atoms with Gasteiger partial charge < -0.3 is 4.74 Å². The highest BCUT2D eigenvalue weighted by Crippen LogP contribution is 2.25. The van der Waals surface area contributed by atoms with E-state index in [2.05, 4.69) is 6.92 Å². The number of unbranched alkanes of at least 4 members (excludes halogenated alkanes) is 5. The second kappa shape index (κ2) is 11.7. The molecule has 2 aromatic carbocycles. The predicted molar refractivity (Wildman–Crippen MR) is 121 cm³/mol. The first-order valence-electron chi connectivity index (χ1n) is 10.8. The van der Waals surface area contributed by atoms with Crippen LogP contribution in [0.25, 0.3) is 0 Å². The molecule has 0 aliphatic heterocycles. The number of hydrogen-bond donors (Lipinski definition) is 0. The van der Waals surface area contributed by atoms with E-state index in [1.165, 1.54) is 23.6 Å². The lowest BCUT2D eigenvalue weighted by atomic mass is 10.1. The third kappa shape index (κ3) is 6.59. The molecule has 5 nitrogen and oxygen atoms in total. The molecule has 2 rings (SSSR count). The fraction of sp³-hybridized carbons (Fsp3) is 0.458. The van der Waals surface area contributed by atoms with Crippen molar-refractivity contribution in [3.63, 3.8) is 0 Å². The molecule has 0 bridgehead atoms. The monoisotopic (exact) mass is 431 g/mol. The van der Waals surface area contributed by atoms with Crippen LogP contribution in [-0.2, 0) is 14.8 Å². The molecule has 30 heavy (non-hydrogen) atoms. The number of carbonyl (C=O) groups is 1. The quantitative estimate of drug-likeness (QED) is 0.318. The van der Waals surface area contributed by atoms with Crippen molar-refractivity contribution in [2.45, 2.75) is 64.2 Å². The number of esters is 1. The molecule has 0 aromatic heterocycles. The molecule has 0 heterocycles. The van der Waals surface area contributed by atoms with E-state index in [1.54, 1.807) is 55.5 Å². The van der Waals surface area contributed by atoms with Crippen molar-refractivity contribution in [3.8, 4) is 0 Å². The van der Waals surface area contributed by atoms with Crippen LogP contribution in [0.1, 0.15) is 68.3 Å². The molecule has 0 fully saturated rings. The van der Waals surface area contributed by atoms with E-state index < -0.39 is 16.0 Å². The highest BCUT2D eigenvalue weighted by Gasteiger charge is 2.24. The molecule has 2 aromatic rings. The first-order valence-corrected chi connectivity index (χ1v) is 12.2. The summed E-state index contributed by atoms with van der Waals surface area (Å²) in [5.74, 6) is -0.409. The van der Waals surface area contributed by atoms with Gasteiger partial charge in [0.25, 0.3) is 10.0 Å². The van der Waals surface area contributed by atoms with Crippen LogP contribution in [0.15, 0.2) is 53.4 Å². The molecular weight excluding hydrogens is 398 g/mol. The molecular formula is C24H33NO4S. The fourth-order valence-electron chi connectivity index (χ4n) is 3.24. The summed E-state index contributed by atoms with van der Waals surface area (Å²) >= 11 is 0. The van der Waals surface area contributed by atoms with Crippen molar-refractivity contribution in [2.75, 3.05) is 17.5 Å². The minimum atomic E-state index is -3.69. The van der Waals surface area contributed by atoms with Gasteiger partial charge in [-0.25, -0.2) is 13.2 Å². The second-order valence-electron chi connectivity index (χ2n) is 7.43. The normalized spacial score (nSPS) is 11.3. The molecule has 164 valence electrons. The Hall–Kier alpha value is -2.34. The number of hydrogen-bond acceptors (Lipinski definition) is 4. The van der Waals surface area contributed by atoms with Crippen molar-refractivity contribution in [3.05, 3.63) is 59.7 Å². The Kier molecular flexibility index (Phi) is 9.37. The van der Waals surface area contributed by atoms with Crippen molar-refractivity contribution in [1.82, 2.24) is 0 Å². The molecule has 0 aliphatic rings. The van der Waals surface area contributed by atoms with Crippen molar-refractivity contribution < 1.29 is 17.9 Å². The average Bonchev–Trinajstić information content (AvgIpc) is 2.74. The molecule has 0 saturated heterocycles. The summed E-state index contributed by atoms with van der Waals surface area (Å²) < 4.78 is 33.2. The zero-order valence-corrected chi connectivity index (χ0v) is 19.1. The summed E-state index contributed by atoms with van der Waals surface area (Å²) in [6.45, 7) is 6.56. The average molecular weight is 432 g/mol. The number of benzene rings is 2. The van der Waals surface area contributed by atoms with Crippen LogP contribution in [0.2, 0.25) is 0 Å². The number of anilines is 1. The van der Waals surface area contributed by atoms with Crippen molar-refractivity contribution in [1.29, 1.82) is 0 Å². The number of sulfonamides is 1. The van der Waals surface area contributed by atoms with Gasteiger partial charge in [0.1, 0.15) is 0 Å². The zero-order valence-electron chi connectivity index (χ0n) is 18.3. The van der Waals surface area contributed by atoms with E-state index in [-0.39, 0.29) is 4.90 Å². The Balaban J connectivity index is 2.24. The van der Waals surface area contributed by atoms with E-state index in [9.17, 15) is 13.2 Å². The smallest absolute Gasteiger partial charge is 0.338 e. The molecule has 0 N–H and O–H groups in total. The third-order valence-electron chi connectivity index (χ3n) is 4.99. The van der Waals surface area contributed by atoms with E-state index in [0.717, 1.165) is 24.8 Å². The maximum atomic E-state index is 13.4. The third-order valence-corrected chi connectivity index (χ3v) is 6.83. The fourth-order valence-corrected chi connectivity index (χ4v) is 4.74. The van der Waals surface area contributed by atoms with Gasteiger partial charge in [-0.1, -0.05) is 56.7 Å². The lowest BCUT2D eigenvalue weighted by Crippen LogP contribution is -2.32. The molecule has 0 unspecified atom stereocenters. The number of nitrogens with zero attached hydrogens (tertiary/aromatic N) is 1. The standard InChI is InChI=1S/C24H33NO4S/c1-4-6-7-8-9-10-19-25(30(27,28)23-17-11-20(3)12-18-23)22-15-13-21(14-16-22)24(26)29-5-2/h11-18H,4-10,19H2,1-3H3. The number of aryl methyl sites for hydroxylation is 1. The largest absolute Gasteiger partial charge is 0.462 e. The number of rotatable bonds is 12. The summed E-state index contributed by atoms with van der Waals surface area (Å²) in [7, 11) is -3.69. The first kappa shape index (κ1) is 23.9. The Labute approximate surface area is 181 Å². The molecule has 6 heteroatoms. The maximum absolute atomic E-state index is 13.4. The van der Waals surface area contributed by atoms with E-state index >= 15 is 0 Å². The summed E-state index contributed by atoms with van der Waals surface area (Å²) in [4.78, 5) is 12.2. The van der Waals surface area contributed by atoms with E-state index in [1.807, 2.05) is 6.92 Å². The van der Waals surface area contributed by atoms with Gasteiger partial charge in [0.15, 0.2) is 0 Å². The molecule has 0 radical (unpaired) electrons. The molecule has 0 spiro atoms. The Morgan fingerprint density at radius 2 is 1.47 bits per heavy atom. The van der Waals surface area contributed by atoms with Crippen molar-refractivity contribution >= 4 is 21.7 Å². The van der Waals surface area contributed by atoms with Gasteiger partial charge in [-0.05, 0) is 56.7 Å². The predicted octanol–water partition coefficient (Wildman–Crippen LogP) is 5.73. The van der Waals surface area contributed by atoms with Crippen LogP contribution < -0.4 is 4.31 Å². The van der Waals surface area contributed by atoms with Crippen LogP contribution in [0, 0.1) is 6.92 Å². The number of ether oxygens (including phenoxy) is 1. The molecule has 0 aliphatic carbocycles. The minimum Gasteiger partial charge on any atom is -0.462 e. The van der Waals surface area contributed by atoms with Crippen LogP contribution in [0.3, 0.4) is 0 Å². The van der Waals surface area contributed by atoms with Gasteiger partial charge in [0, 0.05) is 6.54 Å². The van der Waals surface area contributed by atoms with Crippen LogP contribution in [0.4, 0.5) is 5.69 Å². The Morgan fingerprint density at radius 3 is 2.07 bits per heavy atom. The highest BCUT2D eigenvalue weighted by atomic mass is 32.2. The van der Waals surface area contributed by atoms with Crippen LogP contribution in [-0.4, -0.2) is 27.5 Å². The van der Waals surface area contributed by atoms with Crippen LogP contribution >= 0.6 is 0 Å². The lowest BCUT2D eigenvalue weighted by Gasteiger charge is -2.25. The summed E-state index contributed by atoms with van der Waals surface area (Å²) in [6, 6.07) is 13.5. The van der Waals surface area contributed by atoms with Gasteiger partial charge in [-0.15, -0.1) is 0 Å². The van der Waals surface area contributed by atoms with Crippen LogP contribution in [0.5, 0.6) is 0 Å². The SMILES string of the molecule is CCCCCCCCN(c1ccc(C(=O)OCC)cc1)S(=O)(=O)c1ccc(C)cc1. The minimum absolute atomic E-state index is 0.272. The highest BCUT2D eigenvalue weighted by molar-refractivity contribution is 7.92. The van der Waals surface area contributed by atoms with Gasteiger partial charge in [-0.2, -0.15) is 0 Å². The van der Waals surface area contributed by atoms with Crippen molar-refractivity contribution in [2.24, 2.45) is 0 Å². The van der Waals surface area contributed by atoms with Gasteiger partial charge in [0.05, 0.1) is 22.8 Å². The molecule has 0 saturated carbocycles. The molecule has 0 atom stereocenters. The zero-order chi connectivity index (χ0) is 22.0. The summed E-state index contributed by atoms with van der Waals surface area (Å²) in [6.07, 6.45) is 6.44. The first-order chi connectivity index (χ1) is 14.4.